The minimum atomic E-state index is -0.652. The molecule has 0 aromatic heterocycles. The van der Waals surface area contributed by atoms with Crippen molar-refractivity contribution in [1.29, 1.82) is 0 Å². The Kier molecular flexibility index (Phi) is 7.46. The van der Waals surface area contributed by atoms with Gasteiger partial charge in [0.2, 0.25) is 5.91 Å². The van der Waals surface area contributed by atoms with Crippen LogP contribution in [0.2, 0.25) is 0 Å². The van der Waals surface area contributed by atoms with Crippen LogP contribution in [0.15, 0.2) is 75.7 Å². The number of hydrogen-bond donors (Lipinski definition) is 1. The van der Waals surface area contributed by atoms with Crippen LogP contribution in [0, 0.1) is 0 Å². The third kappa shape index (κ3) is 5.08. The topological polar surface area (TPSA) is 67.9 Å². The van der Waals surface area contributed by atoms with Crippen molar-refractivity contribution < 1.29 is 19.1 Å². The highest BCUT2D eigenvalue weighted by Gasteiger charge is 2.41. The Balaban J connectivity index is 1.27. The summed E-state index contributed by atoms with van der Waals surface area (Å²) in [6.45, 7) is 0.874. The Morgan fingerprint density at radius 2 is 1.58 bits per heavy atom. The predicted octanol–water partition coefficient (Wildman–Crippen LogP) is 5.87. The van der Waals surface area contributed by atoms with E-state index in [9.17, 15) is 9.59 Å². The Hall–Kier alpha value is -2.68. The van der Waals surface area contributed by atoms with Crippen molar-refractivity contribution in [2.24, 2.45) is 0 Å². The monoisotopic (exact) mass is 612 g/mol. The number of nitrogens with zero attached hydrogens (tertiary/aromatic N) is 1. The third-order valence-corrected chi connectivity index (χ3v) is 7.77. The van der Waals surface area contributed by atoms with E-state index < -0.39 is 12.1 Å². The normalized spacial score (nSPS) is 18.6. The average molecular weight is 614 g/mol. The number of halogens is 2. The van der Waals surface area contributed by atoms with Gasteiger partial charge in [0.15, 0.2) is 0 Å². The smallest absolute Gasteiger partial charge is 0.410 e. The van der Waals surface area contributed by atoms with Crippen LogP contribution in [0.25, 0.3) is 11.1 Å². The second kappa shape index (κ2) is 10.7. The van der Waals surface area contributed by atoms with Gasteiger partial charge in [-0.15, -0.1) is 0 Å². The summed E-state index contributed by atoms with van der Waals surface area (Å²) >= 11 is 6.94. The molecule has 0 spiro atoms. The Labute approximate surface area is 227 Å². The highest BCUT2D eigenvalue weighted by atomic mass is 79.9. The largest absolute Gasteiger partial charge is 0.448 e. The van der Waals surface area contributed by atoms with E-state index in [0.29, 0.717) is 19.5 Å². The Bertz CT molecular complexity index is 1230. The lowest BCUT2D eigenvalue weighted by atomic mass is 9.98. The van der Waals surface area contributed by atoms with Crippen LogP contribution in [-0.2, 0) is 20.8 Å². The predicted molar refractivity (Wildman–Crippen MR) is 145 cm³/mol. The van der Waals surface area contributed by atoms with Crippen molar-refractivity contribution in [2.45, 2.75) is 31.0 Å². The molecule has 3 aromatic rings. The van der Waals surface area contributed by atoms with Gasteiger partial charge in [-0.1, -0.05) is 80.4 Å². The number of amides is 2. The molecule has 2 atom stereocenters. The lowest BCUT2D eigenvalue weighted by Crippen LogP contribution is -2.46. The van der Waals surface area contributed by atoms with Gasteiger partial charge in [-0.2, -0.15) is 0 Å². The fourth-order valence-electron chi connectivity index (χ4n) is 5.12. The maximum atomic E-state index is 13.2. The van der Waals surface area contributed by atoms with E-state index in [1.165, 1.54) is 16.0 Å². The Morgan fingerprint density at radius 3 is 2.19 bits per heavy atom. The first kappa shape index (κ1) is 25.0. The molecule has 5 rings (SSSR count). The highest BCUT2D eigenvalue weighted by molar-refractivity contribution is 9.11. The standard InChI is InChI=1S/C28H26Br2N2O4/c1-35-20-13-26(27(33)31-14-17-10-18(29)12-19(30)11-17)32(15-20)28(34)36-16-25-23-8-4-2-6-21(23)22-7-3-5-9-24(22)25/h2-12,20,25-26H,13-16H2,1H3,(H,31,33)/t20-,26-/m1/s1. The van der Waals surface area contributed by atoms with Gasteiger partial charge in [-0.25, -0.2) is 4.79 Å². The molecule has 36 heavy (non-hydrogen) atoms. The zero-order valence-electron chi connectivity index (χ0n) is 19.7. The quantitative estimate of drug-likeness (QED) is 0.378. The van der Waals surface area contributed by atoms with Crippen molar-refractivity contribution in [1.82, 2.24) is 10.2 Å². The number of benzene rings is 3. The molecular weight excluding hydrogens is 588 g/mol. The van der Waals surface area contributed by atoms with Crippen molar-refractivity contribution in [2.75, 3.05) is 20.3 Å². The van der Waals surface area contributed by atoms with E-state index in [-0.39, 0.29) is 24.5 Å². The summed E-state index contributed by atoms with van der Waals surface area (Å²) in [4.78, 5) is 27.8. The van der Waals surface area contributed by atoms with Crippen LogP contribution in [0.5, 0.6) is 0 Å². The minimum Gasteiger partial charge on any atom is -0.448 e. The number of rotatable bonds is 6. The first-order valence-electron chi connectivity index (χ1n) is 11.8. The molecule has 0 bridgehead atoms. The fourth-order valence-corrected chi connectivity index (χ4v) is 6.50. The molecule has 1 aliphatic heterocycles. The molecular formula is C28H26Br2N2O4. The molecule has 1 saturated heterocycles. The van der Waals surface area contributed by atoms with Gasteiger partial charge in [0.1, 0.15) is 12.6 Å². The number of fused-ring (bicyclic) bond motifs is 3. The summed E-state index contributed by atoms with van der Waals surface area (Å²) in [5, 5.41) is 2.96. The van der Waals surface area contributed by atoms with Crippen LogP contribution in [0.4, 0.5) is 4.79 Å². The van der Waals surface area contributed by atoms with Crippen molar-refractivity contribution in [3.8, 4) is 11.1 Å². The maximum Gasteiger partial charge on any atom is 0.410 e. The molecule has 0 unspecified atom stereocenters. The van der Waals surface area contributed by atoms with Gasteiger partial charge >= 0.3 is 6.09 Å². The van der Waals surface area contributed by atoms with Crippen molar-refractivity contribution in [3.63, 3.8) is 0 Å². The van der Waals surface area contributed by atoms with Crippen molar-refractivity contribution in [3.05, 3.63) is 92.4 Å². The molecule has 6 nitrogen and oxygen atoms in total. The molecule has 1 fully saturated rings. The summed E-state index contributed by atoms with van der Waals surface area (Å²) < 4.78 is 13.2. The first-order valence-corrected chi connectivity index (χ1v) is 13.4. The van der Waals surface area contributed by atoms with Crippen LogP contribution in [-0.4, -0.2) is 49.3 Å². The average Bonchev–Trinajstić information content (AvgIpc) is 3.45. The zero-order chi connectivity index (χ0) is 25.2. The molecule has 8 heteroatoms. The van der Waals surface area contributed by atoms with E-state index in [2.05, 4.69) is 61.4 Å². The number of nitrogens with one attached hydrogen (secondary N) is 1. The highest BCUT2D eigenvalue weighted by Crippen LogP contribution is 2.44. The number of likely N-dealkylation sites (tertiary alicyclic amines) is 1. The molecule has 1 N–H and O–H groups in total. The summed E-state index contributed by atoms with van der Waals surface area (Å²) in [7, 11) is 1.60. The van der Waals surface area contributed by atoms with Gasteiger partial charge < -0.3 is 14.8 Å². The number of methoxy groups -OCH3 is 1. The van der Waals surface area contributed by atoms with Gasteiger partial charge in [-0.3, -0.25) is 9.69 Å². The number of carbonyl (C=O) groups is 2. The van der Waals surface area contributed by atoms with Gasteiger partial charge in [-0.05, 0) is 46.0 Å². The molecule has 3 aromatic carbocycles. The van der Waals surface area contributed by atoms with E-state index in [1.54, 1.807) is 7.11 Å². The minimum absolute atomic E-state index is 0.0376. The summed E-state index contributed by atoms with van der Waals surface area (Å²) in [5.74, 6) is -0.261. The number of ether oxygens (including phenoxy) is 2. The second-order valence-corrected chi connectivity index (χ2v) is 10.9. The molecule has 0 saturated carbocycles. The molecule has 2 aliphatic rings. The number of carbonyl (C=O) groups excluding carboxylic acids is 2. The maximum absolute atomic E-state index is 13.2. The van der Waals surface area contributed by atoms with E-state index >= 15 is 0 Å². The lowest BCUT2D eigenvalue weighted by molar-refractivity contribution is -0.125. The van der Waals surface area contributed by atoms with E-state index in [0.717, 1.165) is 25.6 Å². The van der Waals surface area contributed by atoms with Gasteiger partial charge in [0.25, 0.3) is 0 Å². The lowest BCUT2D eigenvalue weighted by Gasteiger charge is -2.24. The summed E-state index contributed by atoms with van der Waals surface area (Å²) in [6, 6.07) is 21.6. The molecule has 1 aliphatic carbocycles. The fraction of sp³-hybridized carbons (Fsp3) is 0.286. The summed E-state index contributed by atoms with van der Waals surface area (Å²) in [6.07, 6.45) is -0.294. The molecule has 186 valence electrons. The van der Waals surface area contributed by atoms with E-state index in [4.69, 9.17) is 9.47 Å². The molecule has 2 amide bonds. The second-order valence-electron chi connectivity index (χ2n) is 9.06. The number of hydrogen-bond acceptors (Lipinski definition) is 4. The first-order chi connectivity index (χ1) is 17.4. The Morgan fingerprint density at radius 1 is 0.972 bits per heavy atom. The SMILES string of the molecule is CO[C@@H]1C[C@H](C(=O)NCc2cc(Br)cc(Br)c2)N(C(=O)OCC2c3ccccc3-c3ccccc32)C1. The van der Waals surface area contributed by atoms with Crippen LogP contribution in [0.3, 0.4) is 0 Å². The van der Waals surface area contributed by atoms with Gasteiger partial charge in [0, 0.05) is 34.9 Å². The molecule has 1 heterocycles. The van der Waals surface area contributed by atoms with Gasteiger partial charge in [0.05, 0.1) is 12.6 Å². The summed E-state index contributed by atoms with van der Waals surface area (Å²) in [5.41, 5.74) is 5.59. The van der Waals surface area contributed by atoms with Crippen LogP contribution < -0.4 is 5.32 Å². The third-order valence-electron chi connectivity index (χ3n) is 6.86. The zero-order valence-corrected chi connectivity index (χ0v) is 22.9. The van der Waals surface area contributed by atoms with Crippen LogP contribution in [0.1, 0.15) is 29.0 Å². The van der Waals surface area contributed by atoms with Crippen LogP contribution >= 0.6 is 31.9 Å². The van der Waals surface area contributed by atoms with Crippen molar-refractivity contribution >= 4 is 43.9 Å². The van der Waals surface area contributed by atoms with E-state index in [1.807, 2.05) is 42.5 Å². The molecule has 0 radical (unpaired) electrons.